The second-order valence-electron chi connectivity index (χ2n) is 9.61. The van der Waals surface area contributed by atoms with E-state index in [0.717, 1.165) is 52.1 Å². The SMILES string of the molecule is CC#Cc1cccc2c1-n1c(nc3ccc(-c4cnc(C5(O)CCC5)nc4)cc31)C(CC)N(C)C2=O. The number of carbonyl (C=O) groups is 1. The van der Waals surface area contributed by atoms with Gasteiger partial charge in [0, 0.05) is 30.6 Å². The number of fused-ring (bicyclic) bond motifs is 5. The molecule has 1 fully saturated rings. The van der Waals surface area contributed by atoms with Crippen LogP contribution in [0, 0.1) is 11.8 Å². The third-order valence-electron chi connectivity index (χ3n) is 7.48. The standard InChI is InChI=1S/C29H27N5O2/c1-4-8-18-9-6-10-21-25(18)34-24-15-19(20-16-30-28(31-17-20)29(36)13-7-14-29)11-12-22(24)32-26(34)23(5-2)33(3)27(21)35/h6,9-12,15-17,23,36H,5,7,13-14H2,1-3H3. The molecule has 1 aliphatic carbocycles. The van der Waals surface area contributed by atoms with Gasteiger partial charge in [-0.25, -0.2) is 15.0 Å². The van der Waals surface area contributed by atoms with Crippen LogP contribution in [0.15, 0.2) is 48.8 Å². The summed E-state index contributed by atoms with van der Waals surface area (Å²) in [6.07, 6.45) is 6.68. The average Bonchev–Trinajstić information content (AvgIpc) is 3.21. The number of benzene rings is 2. The van der Waals surface area contributed by atoms with Gasteiger partial charge in [0.1, 0.15) is 11.4 Å². The Labute approximate surface area is 209 Å². The lowest BCUT2D eigenvalue weighted by atomic mass is 9.79. The van der Waals surface area contributed by atoms with E-state index in [1.54, 1.807) is 24.2 Å². The van der Waals surface area contributed by atoms with Crippen molar-refractivity contribution in [2.45, 2.75) is 51.2 Å². The number of hydrogen-bond donors (Lipinski definition) is 1. The predicted octanol–water partition coefficient (Wildman–Crippen LogP) is 4.76. The van der Waals surface area contributed by atoms with Crippen molar-refractivity contribution in [1.29, 1.82) is 0 Å². The lowest BCUT2D eigenvalue weighted by Crippen LogP contribution is -2.35. The maximum Gasteiger partial charge on any atom is 0.256 e. The Morgan fingerprint density at radius 3 is 2.58 bits per heavy atom. The van der Waals surface area contributed by atoms with Gasteiger partial charge in [0.05, 0.1) is 28.3 Å². The summed E-state index contributed by atoms with van der Waals surface area (Å²) in [5.74, 6) is 7.46. The minimum Gasteiger partial charge on any atom is -0.382 e. The van der Waals surface area contributed by atoms with Crippen molar-refractivity contribution in [3.05, 3.63) is 71.6 Å². The summed E-state index contributed by atoms with van der Waals surface area (Å²) in [6, 6.07) is 11.6. The Morgan fingerprint density at radius 1 is 1.14 bits per heavy atom. The quantitative estimate of drug-likeness (QED) is 0.430. The Morgan fingerprint density at radius 2 is 1.92 bits per heavy atom. The highest BCUT2D eigenvalue weighted by Crippen LogP contribution is 2.40. The van der Waals surface area contributed by atoms with Gasteiger partial charge in [0.2, 0.25) is 0 Å². The van der Waals surface area contributed by atoms with Crippen molar-refractivity contribution in [3.63, 3.8) is 0 Å². The lowest BCUT2D eigenvalue weighted by molar-refractivity contribution is -0.0467. The maximum atomic E-state index is 13.5. The molecule has 0 radical (unpaired) electrons. The highest BCUT2D eigenvalue weighted by Gasteiger charge is 2.39. The molecule has 6 rings (SSSR count). The molecular formula is C29H27N5O2. The van der Waals surface area contributed by atoms with Gasteiger partial charge >= 0.3 is 0 Å². The number of amides is 1. The molecule has 7 nitrogen and oxygen atoms in total. The number of hydrogen-bond acceptors (Lipinski definition) is 5. The Bertz CT molecular complexity index is 1570. The first-order valence-electron chi connectivity index (χ1n) is 12.4. The van der Waals surface area contributed by atoms with E-state index >= 15 is 0 Å². The molecule has 36 heavy (non-hydrogen) atoms. The van der Waals surface area contributed by atoms with Crippen LogP contribution in [0.2, 0.25) is 0 Å². The van der Waals surface area contributed by atoms with Crippen LogP contribution in [0.4, 0.5) is 0 Å². The summed E-state index contributed by atoms with van der Waals surface area (Å²) in [4.78, 5) is 29.3. The summed E-state index contributed by atoms with van der Waals surface area (Å²) >= 11 is 0. The minimum absolute atomic E-state index is 0.0377. The largest absolute Gasteiger partial charge is 0.382 e. The highest BCUT2D eigenvalue weighted by atomic mass is 16.3. The minimum atomic E-state index is -0.889. The molecule has 180 valence electrons. The van der Waals surface area contributed by atoms with E-state index in [1.807, 2.05) is 37.4 Å². The van der Waals surface area contributed by atoms with Gasteiger partial charge in [-0.05, 0) is 62.4 Å². The van der Waals surface area contributed by atoms with Gasteiger partial charge in [0.15, 0.2) is 5.82 Å². The maximum absolute atomic E-state index is 13.5. The molecule has 1 saturated carbocycles. The number of imidazole rings is 1. The molecule has 2 aromatic heterocycles. The first-order valence-corrected chi connectivity index (χ1v) is 12.4. The fourth-order valence-electron chi connectivity index (χ4n) is 5.34. The fraction of sp³-hybridized carbons (Fsp3) is 0.310. The summed E-state index contributed by atoms with van der Waals surface area (Å²) in [7, 11) is 1.84. The normalized spacial score (nSPS) is 18.1. The second-order valence-corrected chi connectivity index (χ2v) is 9.61. The van der Waals surface area contributed by atoms with Crippen molar-refractivity contribution < 1.29 is 9.90 Å². The molecule has 1 unspecified atom stereocenters. The zero-order valence-electron chi connectivity index (χ0n) is 20.6. The van der Waals surface area contributed by atoms with Gasteiger partial charge in [0.25, 0.3) is 5.91 Å². The van der Waals surface area contributed by atoms with Gasteiger partial charge in [-0.1, -0.05) is 25.0 Å². The number of aliphatic hydroxyl groups is 1. The molecule has 1 amide bonds. The van der Waals surface area contributed by atoms with Crippen LogP contribution in [-0.2, 0) is 5.60 Å². The number of rotatable bonds is 3. The highest BCUT2D eigenvalue weighted by molar-refractivity contribution is 6.01. The number of nitrogens with zero attached hydrogens (tertiary/aromatic N) is 5. The Hall–Kier alpha value is -4.02. The number of aromatic nitrogens is 4. The topological polar surface area (TPSA) is 84.1 Å². The zero-order valence-corrected chi connectivity index (χ0v) is 20.6. The molecule has 1 aliphatic heterocycles. The van der Waals surface area contributed by atoms with Crippen LogP contribution in [0.5, 0.6) is 0 Å². The van der Waals surface area contributed by atoms with E-state index in [9.17, 15) is 9.90 Å². The summed E-state index contributed by atoms with van der Waals surface area (Å²) in [6.45, 7) is 3.87. The molecule has 2 aromatic carbocycles. The third kappa shape index (κ3) is 3.25. The van der Waals surface area contributed by atoms with Crippen LogP contribution >= 0.6 is 0 Å². The average molecular weight is 478 g/mol. The molecule has 0 bridgehead atoms. The van der Waals surface area contributed by atoms with Crippen molar-refractivity contribution in [2.75, 3.05) is 7.05 Å². The predicted molar refractivity (Wildman–Crippen MR) is 138 cm³/mol. The van der Waals surface area contributed by atoms with Gasteiger partial charge in [-0.2, -0.15) is 0 Å². The first kappa shape index (κ1) is 22.4. The van der Waals surface area contributed by atoms with Gasteiger partial charge in [-0.3, -0.25) is 9.36 Å². The number of carbonyl (C=O) groups excluding carboxylic acids is 1. The molecule has 3 heterocycles. The molecule has 0 spiro atoms. The third-order valence-corrected chi connectivity index (χ3v) is 7.48. The second kappa shape index (κ2) is 8.28. The van der Waals surface area contributed by atoms with E-state index in [0.29, 0.717) is 24.2 Å². The smallest absolute Gasteiger partial charge is 0.256 e. The van der Waals surface area contributed by atoms with Crippen molar-refractivity contribution in [3.8, 4) is 28.7 Å². The van der Waals surface area contributed by atoms with Gasteiger partial charge in [-0.15, -0.1) is 5.92 Å². The van der Waals surface area contributed by atoms with Crippen LogP contribution < -0.4 is 0 Å². The summed E-state index contributed by atoms with van der Waals surface area (Å²) in [5, 5.41) is 10.6. The monoisotopic (exact) mass is 477 g/mol. The van der Waals surface area contributed by atoms with Crippen LogP contribution in [0.25, 0.3) is 27.8 Å². The van der Waals surface area contributed by atoms with Gasteiger partial charge < -0.3 is 10.0 Å². The van der Waals surface area contributed by atoms with Crippen molar-refractivity contribution >= 4 is 16.9 Å². The van der Waals surface area contributed by atoms with Crippen LogP contribution in [-0.4, -0.2) is 42.5 Å². The Balaban J connectivity index is 1.57. The van der Waals surface area contributed by atoms with Crippen LogP contribution in [0.1, 0.15) is 73.1 Å². The van der Waals surface area contributed by atoms with E-state index in [4.69, 9.17) is 4.98 Å². The van der Waals surface area contributed by atoms with E-state index < -0.39 is 5.60 Å². The molecule has 2 aliphatic rings. The molecule has 1 atom stereocenters. The van der Waals surface area contributed by atoms with Crippen molar-refractivity contribution in [1.82, 2.24) is 24.4 Å². The molecule has 4 aromatic rings. The fourth-order valence-corrected chi connectivity index (χ4v) is 5.34. The van der Waals surface area contributed by atoms with E-state index in [-0.39, 0.29) is 11.9 Å². The summed E-state index contributed by atoms with van der Waals surface area (Å²) < 4.78 is 2.11. The molecular weight excluding hydrogens is 450 g/mol. The van der Waals surface area contributed by atoms with Crippen LogP contribution in [0.3, 0.4) is 0 Å². The zero-order chi connectivity index (χ0) is 25.0. The van der Waals surface area contributed by atoms with E-state index in [2.05, 4.69) is 39.4 Å². The van der Waals surface area contributed by atoms with E-state index in [1.165, 1.54) is 0 Å². The molecule has 7 heteroatoms. The first-order chi connectivity index (χ1) is 17.4. The summed E-state index contributed by atoms with van der Waals surface area (Å²) in [5.41, 5.74) is 4.83. The number of para-hydroxylation sites is 1. The molecule has 1 N–H and O–H groups in total. The molecule has 0 saturated heterocycles. The Kier molecular flexibility index (Phi) is 5.16. The van der Waals surface area contributed by atoms with Crippen molar-refractivity contribution in [2.24, 2.45) is 0 Å². The lowest BCUT2D eigenvalue weighted by Gasteiger charge is -2.34.